The van der Waals surface area contributed by atoms with E-state index in [9.17, 15) is 0 Å². The summed E-state index contributed by atoms with van der Waals surface area (Å²) >= 11 is 0. The fourth-order valence-corrected chi connectivity index (χ4v) is 0.401. The molecule has 0 aromatic carbocycles. The average molecular weight is 111 g/mol. The van der Waals surface area contributed by atoms with Gasteiger partial charge in [0.15, 0.2) is 0 Å². The molecule has 0 saturated carbocycles. The molecule has 46 valence electrons. The first-order chi connectivity index (χ1) is 3.91. The fraction of sp³-hybridized carbons (Fsp3) is 0.571. The quantitative estimate of drug-likeness (QED) is 0.390. The van der Waals surface area contributed by atoms with E-state index in [1.807, 2.05) is 26.1 Å². The lowest BCUT2D eigenvalue weighted by atomic mass is 10.4. The van der Waals surface area contributed by atoms with Crippen LogP contribution in [0.25, 0.3) is 0 Å². The SMILES string of the molecule is C/C=C/CC=NCC. The summed E-state index contributed by atoms with van der Waals surface area (Å²) in [5.41, 5.74) is 0. The zero-order chi connectivity index (χ0) is 6.24. The summed E-state index contributed by atoms with van der Waals surface area (Å²) in [7, 11) is 0. The fourth-order valence-electron chi connectivity index (χ4n) is 0.401. The third-order valence-corrected chi connectivity index (χ3v) is 0.789. The highest BCUT2D eigenvalue weighted by Gasteiger charge is 1.65. The van der Waals surface area contributed by atoms with Gasteiger partial charge in [0.2, 0.25) is 0 Å². The van der Waals surface area contributed by atoms with Gasteiger partial charge in [0.05, 0.1) is 0 Å². The van der Waals surface area contributed by atoms with Gasteiger partial charge in [-0.25, -0.2) is 0 Å². The van der Waals surface area contributed by atoms with Crippen LogP contribution in [0.5, 0.6) is 0 Å². The molecule has 0 unspecified atom stereocenters. The second kappa shape index (κ2) is 6.41. The summed E-state index contributed by atoms with van der Waals surface area (Å²) in [5.74, 6) is 0. The lowest BCUT2D eigenvalue weighted by molar-refractivity contribution is 1.13. The molecule has 0 radical (unpaired) electrons. The summed E-state index contributed by atoms with van der Waals surface area (Å²) in [5, 5.41) is 0. The minimum absolute atomic E-state index is 0.900. The smallest absolute Gasteiger partial charge is 0.0357 e. The molecule has 0 aliphatic rings. The Kier molecular flexibility index (Phi) is 5.94. The molecule has 0 aliphatic heterocycles. The molecule has 0 aromatic rings. The maximum Gasteiger partial charge on any atom is 0.0357 e. The molecule has 0 rings (SSSR count). The summed E-state index contributed by atoms with van der Waals surface area (Å²) in [4.78, 5) is 4.03. The molecule has 0 aliphatic carbocycles. The topological polar surface area (TPSA) is 12.4 Å². The van der Waals surface area contributed by atoms with Crippen molar-refractivity contribution in [2.45, 2.75) is 20.3 Å². The molecule has 0 heterocycles. The Bertz CT molecular complexity index is 82.4. The number of aliphatic imine (C=N–C) groups is 1. The zero-order valence-electron chi connectivity index (χ0n) is 5.59. The van der Waals surface area contributed by atoms with E-state index >= 15 is 0 Å². The highest BCUT2D eigenvalue weighted by molar-refractivity contribution is 5.59. The second-order valence-corrected chi connectivity index (χ2v) is 1.49. The summed E-state index contributed by atoms with van der Waals surface area (Å²) in [6.07, 6.45) is 7.02. The van der Waals surface area contributed by atoms with Crippen LogP contribution in [0, 0.1) is 0 Å². The lowest BCUT2D eigenvalue weighted by Crippen LogP contribution is -1.71. The van der Waals surface area contributed by atoms with E-state index in [0.29, 0.717) is 0 Å². The molecular weight excluding hydrogens is 98.1 g/mol. The maximum absolute atomic E-state index is 4.03. The van der Waals surface area contributed by atoms with Crippen molar-refractivity contribution < 1.29 is 0 Å². The van der Waals surface area contributed by atoms with Crippen molar-refractivity contribution in [1.82, 2.24) is 0 Å². The lowest BCUT2D eigenvalue weighted by Gasteiger charge is -1.78. The number of nitrogens with zero attached hydrogens (tertiary/aromatic N) is 1. The third kappa shape index (κ3) is 5.41. The van der Waals surface area contributed by atoms with Crippen molar-refractivity contribution in [3.63, 3.8) is 0 Å². The Morgan fingerprint density at radius 3 is 2.75 bits per heavy atom. The standard InChI is InChI=1S/C7H13N/c1-3-5-6-7-8-4-2/h3,5,7H,4,6H2,1-2H3/b5-3+,8-7?. The van der Waals surface area contributed by atoms with Crippen molar-refractivity contribution in [2.75, 3.05) is 6.54 Å². The predicted octanol–water partition coefficient (Wildman–Crippen LogP) is 2.04. The highest BCUT2D eigenvalue weighted by atomic mass is 14.7. The first kappa shape index (κ1) is 7.41. The van der Waals surface area contributed by atoms with Gasteiger partial charge in [-0.05, 0) is 13.8 Å². The number of rotatable bonds is 3. The van der Waals surface area contributed by atoms with E-state index in [0.717, 1.165) is 13.0 Å². The first-order valence-electron chi connectivity index (χ1n) is 3.01. The minimum Gasteiger partial charge on any atom is -0.297 e. The van der Waals surface area contributed by atoms with Gasteiger partial charge < -0.3 is 0 Å². The molecule has 8 heavy (non-hydrogen) atoms. The van der Waals surface area contributed by atoms with Gasteiger partial charge in [-0.1, -0.05) is 12.2 Å². The molecule has 1 heteroatoms. The van der Waals surface area contributed by atoms with Gasteiger partial charge in [0.25, 0.3) is 0 Å². The minimum atomic E-state index is 0.900. The van der Waals surface area contributed by atoms with E-state index in [1.54, 1.807) is 0 Å². The monoisotopic (exact) mass is 111 g/mol. The first-order valence-corrected chi connectivity index (χ1v) is 3.01. The Morgan fingerprint density at radius 1 is 1.50 bits per heavy atom. The van der Waals surface area contributed by atoms with Crippen molar-refractivity contribution >= 4 is 6.21 Å². The molecule has 0 atom stereocenters. The Labute approximate surface area is 51.1 Å². The van der Waals surface area contributed by atoms with E-state index in [-0.39, 0.29) is 0 Å². The Hall–Kier alpha value is -0.590. The average Bonchev–Trinajstić information content (AvgIpc) is 1.81. The number of allylic oxidation sites excluding steroid dienone is 2. The molecular formula is C7H13N. The molecule has 0 bridgehead atoms. The number of hydrogen-bond donors (Lipinski definition) is 0. The van der Waals surface area contributed by atoms with Gasteiger partial charge in [-0.2, -0.15) is 0 Å². The van der Waals surface area contributed by atoms with Crippen molar-refractivity contribution in [1.29, 1.82) is 0 Å². The number of hydrogen-bond acceptors (Lipinski definition) is 1. The van der Waals surface area contributed by atoms with E-state index < -0.39 is 0 Å². The van der Waals surface area contributed by atoms with E-state index in [1.165, 1.54) is 0 Å². The van der Waals surface area contributed by atoms with Gasteiger partial charge in [0, 0.05) is 19.2 Å². The van der Waals surface area contributed by atoms with Crippen molar-refractivity contribution in [3.8, 4) is 0 Å². The van der Waals surface area contributed by atoms with Crippen LogP contribution in [0.4, 0.5) is 0 Å². The zero-order valence-corrected chi connectivity index (χ0v) is 5.59. The molecule has 0 spiro atoms. The van der Waals surface area contributed by atoms with Crippen LogP contribution in [-0.2, 0) is 0 Å². The second-order valence-electron chi connectivity index (χ2n) is 1.49. The molecule has 0 fully saturated rings. The predicted molar refractivity (Wildman–Crippen MR) is 38.5 cm³/mol. The van der Waals surface area contributed by atoms with Crippen LogP contribution in [0.1, 0.15) is 20.3 Å². The molecule has 0 aromatic heterocycles. The molecule has 1 nitrogen and oxygen atoms in total. The third-order valence-electron chi connectivity index (χ3n) is 0.789. The van der Waals surface area contributed by atoms with Gasteiger partial charge in [-0.3, -0.25) is 4.99 Å². The van der Waals surface area contributed by atoms with Gasteiger partial charge in [-0.15, -0.1) is 0 Å². The van der Waals surface area contributed by atoms with Crippen LogP contribution < -0.4 is 0 Å². The van der Waals surface area contributed by atoms with Gasteiger partial charge >= 0.3 is 0 Å². The normalized spacial score (nSPS) is 11.8. The Balaban J connectivity index is 3.03. The Morgan fingerprint density at radius 2 is 2.25 bits per heavy atom. The summed E-state index contributed by atoms with van der Waals surface area (Å²) in [6.45, 7) is 4.95. The molecule has 0 N–H and O–H groups in total. The highest BCUT2D eigenvalue weighted by Crippen LogP contribution is 1.76. The van der Waals surface area contributed by atoms with Crippen LogP contribution in [0.15, 0.2) is 17.1 Å². The molecule has 0 saturated heterocycles. The largest absolute Gasteiger partial charge is 0.297 e. The van der Waals surface area contributed by atoms with Crippen molar-refractivity contribution in [3.05, 3.63) is 12.2 Å². The van der Waals surface area contributed by atoms with Crippen LogP contribution in [0.3, 0.4) is 0 Å². The van der Waals surface area contributed by atoms with Crippen LogP contribution in [0.2, 0.25) is 0 Å². The summed E-state index contributed by atoms with van der Waals surface area (Å²) < 4.78 is 0. The van der Waals surface area contributed by atoms with Crippen LogP contribution in [-0.4, -0.2) is 12.8 Å². The van der Waals surface area contributed by atoms with E-state index in [4.69, 9.17) is 0 Å². The van der Waals surface area contributed by atoms with E-state index in [2.05, 4.69) is 11.1 Å². The molecule has 0 amide bonds. The summed E-state index contributed by atoms with van der Waals surface area (Å²) in [6, 6.07) is 0. The van der Waals surface area contributed by atoms with Crippen molar-refractivity contribution in [2.24, 2.45) is 4.99 Å². The van der Waals surface area contributed by atoms with Gasteiger partial charge in [0.1, 0.15) is 0 Å². The maximum atomic E-state index is 4.03. The van der Waals surface area contributed by atoms with Crippen LogP contribution >= 0.6 is 0 Å².